The molecule has 25 heteroatoms. The number of carboxylic acid groups (broad SMARTS) is 1. The van der Waals surface area contributed by atoms with Gasteiger partial charge < -0.3 is 5.11 Å². The lowest BCUT2D eigenvalue weighted by atomic mass is 10.2. The second-order valence-electron chi connectivity index (χ2n) is 5.90. The molecule has 0 aliphatic heterocycles. The van der Waals surface area contributed by atoms with Crippen LogP contribution in [0.25, 0.3) is 0 Å². The van der Waals surface area contributed by atoms with Crippen molar-refractivity contribution in [2.75, 3.05) is 0 Å². The van der Waals surface area contributed by atoms with Gasteiger partial charge in [0.25, 0.3) is 0 Å². The molecule has 0 aliphatic rings. The summed E-state index contributed by atoms with van der Waals surface area (Å²) in [6, 6.07) is 0. The first kappa shape index (κ1) is 34.7. The van der Waals surface area contributed by atoms with E-state index < -0.39 is 72.5 Å². The third-order valence-electron chi connectivity index (χ3n) is 3.30. The fraction of sp³-hybridized carbons (Fsp3) is 0.750. The Hall–Kier alpha value is -2.31. The molecule has 37 heavy (non-hydrogen) atoms. The zero-order chi connectivity index (χ0) is 30.5. The van der Waals surface area contributed by atoms with Crippen LogP contribution in [0.1, 0.15) is 0 Å². The van der Waals surface area contributed by atoms with Crippen LogP contribution in [0.5, 0.6) is 0 Å². The summed E-state index contributed by atoms with van der Waals surface area (Å²) >= 11 is 0. The molecule has 0 heterocycles. The molecule has 3 unspecified atom stereocenters. The average Bonchev–Trinajstić information content (AvgIpc) is 2.62. The number of carbonyl (C=O) groups is 1. The number of ether oxygens (including phenoxy) is 3. The van der Waals surface area contributed by atoms with E-state index >= 15 is 0 Å². The van der Waals surface area contributed by atoms with E-state index in [0.717, 1.165) is 0 Å². The van der Waals surface area contributed by atoms with E-state index in [4.69, 9.17) is 5.11 Å². The van der Waals surface area contributed by atoms with E-state index in [9.17, 15) is 92.6 Å². The molecule has 0 fully saturated rings. The van der Waals surface area contributed by atoms with Crippen LogP contribution in [0.3, 0.4) is 0 Å². The highest BCUT2D eigenvalue weighted by Gasteiger charge is 2.86. The van der Waals surface area contributed by atoms with Gasteiger partial charge in [0.2, 0.25) is 5.83 Å². The van der Waals surface area contributed by atoms with Crippen molar-refractivity contribution in [2.45, 2.75) is 54.4 Å². The van der Waals surface area contributed by atoms with Crippen molar-refractivity contribution < 1.29 is 112 Å². The summed E-state index contributed by atoms with van der Waals surface area (Å²) in [5.74, 6) is -32.2. The van der Waals surface area contributed by atoms with Gasteiger partial charge in [0.05, 0.1) is 0 Å². The molecule has 0 spiro atoms. The molecule has 3 atom stereocenters. The van der Waals surface area contributed by atoms with Gasteiger partial charge >= 0.3 is 60.4 Å². The van der Waals surface area contributed by atoms with Crippen molar-refractivity contribution in [3.8, 4) is 0 Å². The maximum Gasteiger partial charge on any atom is 0.460 e. The molecule has 0 aliphatic carbocycles. The molecule has 0 radical (unpaired) electrons. The molecule has 220 valence electrons. The highest BCUT2D eigenvalue weighted by molar-refractivity contribution is 5.76. The molecule has 0 aromatic heterocycles. The Morgan fingerprint density at radius 3 is 1.16 bits per heavy atom. The summed E-state index contributed by atoms with van der Waals surface area (Å²) in [6.07, 6.45) is -49.3. The number of alkyl halides is 18. The number of carboxylic acids is 1. The van der Waals surface area contributed by atoms with Crippen LogP contribution >= 0.6 is 0 Å². The first-order valence-corrected chi connectivity index (χ1v) is 7.50. The van der Waals surface area contributed by atoms with Crippen molar-refractivity contribution in [2.24, 2.45) is 0 Å². The van der Waals surface area contributed by atoms with Gasteiger partial charge in [0.1, 0.15) is 6.33 Å². The van der Waals surface area contributed by atoms with Crippen LogP contribution in [0.2, 0.25) is 0 Å². The summed E-state index contributed by atoms with van der Waals surface area (Å²) in [6.45, 7) is 0. The lowest BCUT2D eigenvalue weighted by Crippen LogP contribution is -2.69. The highest BCUT2D eigenvalue weighted by atomic mass is 19.4. The van der Waals surface area contributed by atoms with Gasteiger partial charge in [-0.1, -0.05) is 0 Å². The van der Waals surface area contributed by atoms with Gasteiger partial charge in [-0.2, -0.15) is 83.4 Å². The van der Waals surface area contributed by atoms with Gasteiger partial charge in [-0.05, 0) is 0 Å². The molecule has 0 aromatic carbocycles. The minimum absolute atomic E-state index is 1.23. The first-order valence-electron chi connectivity index (χ1n) is 7.50. The lowest BCUT2D eigenvalue weighted by molar-refractivity contribution is -0.566. The number of halogens is 20. The minimum atomic E-state index is -8.39. The molecule has 1 N–H and O–H groups in total. The first-order chi connectivity index (χ1) is 15.8. The molecule has 0 bridgehead atoms. The maximum atomic E-state index is 14.0. The molecule has 0 saturated heterocycles. The normalized spacial score (nSPS) is 20.2. The van der Waals surface area contributed by atoms with Crippen LogP contribution in [0.15, 0.2) is 12.2 Å². The van der Waals surface area contributed by atoms with Crippen LogP contribution in [-0.2, 0) is 19.0 Å². The Bertz CT molecular complexity index is 874. The fourth-order valence-corrected chi connectivity index (χ4v) is 1.56. The second-order valence-corrected chi connectivity index (χ2v) is 5.90. The summed E-state index contributed by atoms with van der Waals surface area (Å²) in [5.41, 5.74) is 0. The number of rotatable bonds is 10. The van der Waals surface area contributed by atoms with Crippen molar-refractivity contribution in [1.29, 1.82) is 0 Å². The predicted octanol–water partition coefficient (Wildman–Crippen LogP) is 6.36. The molecule has 5 nitrogen and oxygen atoms in total. The molecule has 0 aromatic rings. The molecule has 0 saturated carbocycles. The minimum Gasteiger partial charge on any atom is -0.477 e. The Balaban J connectivity index is 7.10. The standard InChI is InChI=1S/C12H2F20O5/c13-1-2(14)5(16,17)36-6(18,9(23,24)25)12(31,32)37-7(19,10(26,27)28)11(29,30)35-4(15,3(33)34)8(20,21)22/h1H,(H,33,34). The Morgan fingerprint density at radius 1 is 0.568 bits per heavy atom. The molecule has 0 amide bonds. The van der Waals surface area contributed by atoms with Gasteiger partial charge in [0, 0.05) is 0 Å². The topological polar surface area (TPSA) is 65.0 Å². The van der Waals surface area contributed by atoms with Crippen LogP contribution in [-0.4, -0.2) is 65.5 Å². The highest BCUT2D eigenvalue weighted by Crippen LogP contribution is 2.57. The van der Waals surface area contributed by atoms with E-state index in [2.05, 4.69) is 0 Å². The SMILES string of the molecule is O=C(O)C(F)(OC(F)(F)C(F)(OC(F)(F)C(F)(OC(F)(F)C(F)=CF)C(F)(F)F)C(F)(F)F)C(F)(F)F. The summed E-state index contributed by atoms with van der Waals surface area (Å²) < 4.78 is 263. The van der Waals surface area contributed by atoms with Gasteiger partial charge in [-0.15, -0.1) is 0 Å². The van der Waals surface area contributed by atoms with E-state index in [1.165, 1.54) is 14.2 Å². The van der Waals surface area contributed by atoms with E-state index in [1.807, 2.05) is 0 Å². The molecular weight excluding hydrogens is 604 g/mol. The predicted molar refractivity (Wildman–Crippen MR) is 65.7 cm³/mol. The zero-order valence-corrected chi connectivity index (χ0v) is 15.7. The number of aliphatic carboxylic acids is 1. The lowest BCUT2D eigenvalue weighted by Gasteiger charge is -2.41. The molecule has 0 rings (SSSR count). The largest absolute Gasteiger partial charge is 0.477 e. The van der Waals surface area contributed by atoms with Crippen LogP contribution in [0, 0.1) is 0 Å². The van der Waals surface area contributed by atoms with Crippen molar-refractivity contribution in [3.05, 3.63) is 12.2 Å². The second kappa shape index (κ2) is 9.46. The third-order valence-corrected chi connectivity index (χ3v) is 3.30. The summed E-state index contributed by atoms with van der Waals surface area (Å²) in [7, 11) is 0. The van der Waals surface area contributed by atoms with E-state index in [-0.39, 0.29) is 0 Å². The van der Waals surface area contributed by atoms with Gasteiger partial charge in [-0.25, -0.2) is 9.18 Å². The van der Waals surface area contributed by atoms with Crippen LogP contribution < -0.4 is 0 Å². The summed E-state index contributed by atoms with van der Waals surface area (Å²) in [5, 5.41) is 7.94. The average molecular weight is 606 g/mol. The number of hydrogen-bond acceptors (Lipinski definition) is 4. The summed E-state index contributed by atoms with van der Waals surface area (Å²) in [4.78, 5) is 10.2. The van der Waals surface area contributed by atoms with Crippen LogP contribution in [0.4, 0.5) is 87.8 Å². The van der Waals surface area contributed by atoms with E-state index in [1.54, 1.807) is 0 Å². The monoisotopic (exact) mass is 606 g/mol. The Kier molecular flexibility index (Phi) is 8.87. The third kappa shape index (κ3) is 6.06. The Labute approximate surface area is 186 Å². The fourth-order valence-electron chi connectivity index (χ4n) is 1.56. The van der Waals surface area contributed by atoms with Crippen molar-refractivity contribution >= 4 is 5.97 Å². The maximum absolute atomic E-state index is 14.0. The van der Waals surface area contributed by atoms with Crippen molar-refractivity contribution in [1.82, 2.24) is 0 Å². The van der Waals surface area contributed by atoms with E-state index in [0.29, 0.717) is 0 Å². The quantitative estimate of drug-likeness (QED) is 0.294. The zero-order valence-electron chi connectivity index (χ0n) is 15.7. The number of hydrogen-bond donors (Lipinski definition) is 1. The van der Waals surface area contributed by atoms with Gasteiger partial charge in [0.15, 0.2) is 0 Å². The van der Waals surface area contributed by atoms with Gasteiger partial charge in [-0.3, -0.25) is 14.2 Å². The molecular formula is C12H2F20O5. The van der Waals surface area contributed by atoms with Crippen molar-refractivity contribution in [3.63, 3.8) is 0 Å². The Morgan fingerprint density at radius 2 is 0.892 bits per heavy atom. The smallest absolute Gasteiger partial charge is 0.460 e.